The number of hydrogen-bond donors (Lipinski definition) is 1. The number of para-hydroxylation sites is 1. The van der Waals surface area contributed by atoms with Crippen LogP contribution in [-0.4, -0.2) is 54.7 Å². The molecular weight excluding hydrogens is 326 g/mol. The fourth-order valence-corrected chi connectivity index (χ4v) is 3.92. The van der Waals surface area contributed by atoms with Crippen LogP contribution in [-0.2, 0) is 4.74 Å². The maximum Gasteiger partial charge on any atom is 0.253 e. The molecule has 1 aliphatic rings. The number of nitrogens with one attached hydrogen (secondary N) is 1. The summed E-state index contributed by atoms with van der Waals surface area (Å²) in [5, 5.41) is 4.17. The van der Waals surface area contributed by atoms with Gasteiger partial charge in [0.05, 0.1) is 24.3 Å². The first kappa shape index (κ1) is 18.8. The molecule has 5 nitrogen and oxygen atoms in total. The highest BCUT2D eigenvalue weighted by Crippen LogP contribution is 2.20. The molecule has 1 saturated heterocycles. The number of ether oxygens (including phenoxy) is 1. The minimum Gasteiger partial charge on any atom is -0.379 e. The number of benzene rings is 1. The van der Waals surface area contributed by atoms with E-state index >= 15 is 0 Å². The number of carbonyl (C=O) groups excluding carboxylic acids is 1. The Bertz CT molecular complexity index is 719. The lowest BCUT2D eigenvalue weighted by Gasteiger charge is -2.38. The topological polar surface area (TPSA) is 54.5 Å². The fraction of sp³-hybridized carbons (Fsp3) is 0.524. The number of amides is 1. The number of aromatic nitrogens is 1. The van der Waals surface area contributed by atoms with Gasteiger partial charge in [-0.1, -0.05) is 44.9 Å². The summed E-state index contributed by atoms with van der Waals surface area (Å²) in [7, 11) is 0. The lowest BCUT2D eigenvalue weighted by atomic mass is 9.92. The average Bonchev–Trinajstić information content (AvgIpc) is 2.71. The number of carbonyl (C=O) groups is 1. The van der Waals surface area contributed by atoms with Crippen molar-refractivity contribution in [1.29, 1.82) is 0 Å². The van der Waals surface area contributed by atoms with E-state index in [9.17, 15) is 4.79 Å². The van der Waals surface area contributed by atoms with Crippen LogP contribution in [0.15, 0.2) is 36.5 Å². The van der Waals surface area contributed by atoms with E-state index in [0.29, 0.717) is 24.1 Å². The van der Waals surface area contributed by atoms with E-state index in [1.165, 1.54) is 0 Å². The number of pyridine rings is 1. The van der Waals surface area contributed by atoms with E-state index < -0.39 is 0 Å². The van der Waals surface area contributed by atoms with Crippen LogP contribution in [0.3, 0.4) is 0 Å². The van der Waals surface area contributed by atoms with Crippen LogP contribution in [0.1, 0.15) is 37.0 Å². The molecule has 1 aromatic heterocycles. The first-order valence-electron chi connectivity index (χ1n) is 9.68. The molecule has 1 amide bonds. The second-order valence-corrected chi connectivity index (χ2v) is 6.88. The normalized spacial score (nSPS) is 16.7. The predicted molar refractivity (Wildman–Crippen MR) is 104 cm³/mol. The van der Waals surface area contributed by atoms with Crippen molar-refractivity contribution >= 4 is 16.8 Å². The van der Waals surface area contributed by atoms with Gasteiger partial charge in [0.15, 0.2) is 0 Å². The Hall–Kier alpha value is -1.98. The molecule has 1 aromatic carbocycles. The molecule has 2 heterocycles. The summed E-state index contributed by atoms with van der Waals surface area (Å²) in [6, 6.07) is 9.98. The van der Waals surface area contributed by atoms with Crippen LogP contribution >= 0.6 is 0 Å². The first-order chi connectivity index (χ1) is 12.7. The standard InChI is InChI=1S/C21H29N3O2/c1-3-16(4-2)19(24-11-13-26-14-12-24)15-23-21(25)18-9-5-7-17-8-6-10-22-20(17)18/h5-10,16,19H,3-4,11-15H2,1-2H3,(H,23,25)/t19-/m0/s1. The molecule has 1 aliphatic heterocycles. The molecule has 0 radical (unpaired) electrons. The van der Waals surface area contributed by atoms with E-state index in [1.807, 2.05) is 30.3 Å². The molecule has 140 valence electrons. The summed E-state index contributed by atoms with van der Waals surface area (Å²) < 4.78 is 5.50. The van der Waals surface area contributed by atoms with Gasteiger partial charge >= 0.3 is 0 Å². The van der Waals surface area contributed by atoms with Gasteiger partial charge < -0.3 is 10.1 Å². The highest BCUT2D eigenvalue weighted by atomic mass is 16.5. The molecule has 1 fully saturated rings. The number of morpholine rings is 1. The Balaban J connectivity index is 1.74. The monoisotopic (exact) mass is 355 g/mol. The number of rotatable bonds is 7. The van der Waals surface area contributed by atoms with Gasteiger partial charge in [-0.15, -0.1) is 0 Å². The molecular formula is C21H29N3O2. The molecule has 0 unspecified atom stereocenters. The average molecular weight is 355 g/mol. The van der Waals surface area contributed by atoms with Crippen LogP contribution in [0.5, 0.6) is 0 Å². The molecule has 2 aromatic rings. The molecule has 0 saturated carbocycles. The molecule has 0 bridgehead atoms. The van der Waals surface area contributed by atoms with Crippen LogP contribution < -0.4 is 5.32 Å². The third kappa shape index (κ3) is 4.22. The van der Waals surface area contributed by atoms with E-state index in [4.69, 9.17) is 4.74 Å². The fourth-order valence-electron chi connectivity index (χ4n) is 3.92. The van der Waals surface area contributed by atoms with Crippen LogP contribution in [0.2, 0.25) is 0 Å². The molecule has 26 heavy (non-hydrogen) atoms. The van der Waals surface area contributed by atoms with Crippen molar-refractivity contribution in [1.82, 2.24) is 15.2 Å². The van der Waals surface area contributed by atoms with Gasteiger partial charge in [0.2, 0.25) is 0 Å². The Morgan fingerprint density at radius 1 is 1.19 bits per heavy atom. The lowest BCUT2D eigenvalue weighted by molar-refractivity contribution is 0.00192. The Kier molecular flexibility index (Phi) is 6.58. The summed E-state index contributed by atoms with van der Waals surface area (Å²) in [6.45, 7) is 8.56. The van der Waals surface area contributed by atoms with E-state index in [1.54, 1.807) is 6.20 Å². The molecule has 3 rings (SSSR count). The van der Waals surface area contributed by atoms with Gasteiger partial charge in [-0.3, -0.25) is 14.7 Å². The molecule has 5 heteroatoms. The second-order valence-electron chi connectivity index (χ2n) is 6.88. The summed E-state index contributed by atoms with van der Waals surface area (Å²) >= 11 is 0. The van der Waals surface area contributed by atoms with Crippen molar-refractivity contribution < 1.29 is 9.53 Å². The quantitative estimate of drug-likeness (QED) is 0.829. The largest absolute Gasteiger partial charge is 0.379 e. The van der Waals surface area contributed by atoms with E-state index in [-0.39, 0.29) is 5.91 Å². The Morgan fingerprint density at radius 3 is 2.65 bits per heavy atom. The van der Waals surface area contributed by atoms with Crippen LogP contribution in [0.4, 0.5) is 0 Å². The zero-order valence-electron chi connectivity index (χ0n) is 15.8. The molecule has 1 N–H and O–H groups in total. The maximum atomic E-state index is 12.9. The van der Waals surface area contributed by atoms with Crippen LogP contribution in [0.25, 0.3) is 10.9 Å². The predicted octanol–water partition coefficient (Wildman–Crippen LogP) is 3.10. The molecule has 0 aliphatic carbocycles. The summed E-state index contributed by atoms with van der Waals surface area (Å²) in [6.07, 6.45) is 3.97. The summed E-state index contributed by atoms with van der Waals surface area (Å²) in [5.41, 5.74) is 1.41. The first-order valence-corrected chi connectivity index (χ1v) is 9.68. The van der Waals surface area contributed by atoms with Crippen LogP contribution in [0, 0.1) is 5.92 Å². The maximum absolute atomic E-state index is 12.9. The van der Waals surface area contributed by atoms with Gasteiger partial charge in [-0.2, -0.15) is 0 Å². The minimum absolute atomic E-state index is 0.0430. The van der Waals surface area contributed by atoms with Crippen molar-refractivity contribution in [3.8, 4) is 0 Å². The van der Waals surface area contributed by atoms with Gasteiger partial charge in [0, 0.05) is 37.3 Å². The summed E-state index contributed by atoms with van der Waals surface area (Å²) in [4.78, 5) is 19.7. The SMILES string of the molecule is CCC(CC)[C@H](CNC(=O)c1cccc2cccnc12)N1CCOCC1. The van der Waals surface area contributed by atoms with E-state index in [0.717, 1.165) is 50.0 Å². The zero-order chi connectivity index (χ0) is 18.4. The zero-order valence-corrected chi connectivity index (χ0v) is 15.8. The van der Waals surface area contributed by atoms with Gasteiger partial charge in [-0.05, 0) is 18.1 Å². The molecule has 0 spiro atoms. The lowest BCUT2D eigenvalue weighted by Crippen LogP contribution is -2.52. The Labute approximate surface area is 155 Å². The van der Waals surface area contributed by atoms with Gasteiger partial charge in [-0.25, -0.2) is 0 Å². The molecule has 1 atom stereocenters. The number of hydrogen-bond acceptors (Lipinski definition) is 4. The van der Waals surface area contributed by atoms with Crippen molar-refractivity contribution in [3.05, 3.63) is 42.1 Å². The number of fused-ring (bicyclic) bond motifs is 1. The Morgan fingerprint density at radius 2 is 1.92 bits per heavy atom. The summed E-state index contributed by atoms with van der Waals surface area (Å²) in [5.74, 6) is 0.526. The highest BCUT2D eigenvalue weighted by Gasteiger charge is 2.27. The third-order valence-electron chi connectivity index (χ3n) is 5.46. The number of nitrogens with zero attached hydrogens (tertiary/aromatic N) is 2. The van der Waals surface area contributed by atoms with Crippen molar-refractivity contribution in [2.24, 2.45) is 5.92 Å². The second kappa shape index (κ2) is 9.10. The van der Waals surface area contributed by atoms with E-state index in [2.05, 4.69) is 29.0 Å². The van der Waals surface area contributed by atoms with Crippen molar-refractivity contribution in [2.45, 2.75) is 32.7 Å². The van der Waals surface area contributed by atoms with Gasteiger partial charge in [0.25, 0.3) is 5.91 Å². The van der Waals surface area contributed by atoms with Crippen molar-refractivity contribution in [3.63, 3.8) is 0 Å². The van der Waals surface area contributed by atoms with Crippen molar-refractivity contribution in [2.75, 3.05) is 32.8 Å². The minimum atomic E-state index is -0.0430. The third-order valence-corrected chi connectivity index (χ3v) is 5.46. The highest BCUT2D eigenvalue weighted by molar-refractivity contribution is 6.05. The smallest absolute Gasteiger partial charge is 0.253 e. The van der Waals surface area contributed by atoms with Gasteiger partial charge in [0.1, 0.15) is 0 Å².